The maximum atomic E-state index is 5.64. The standard InChI is InChI=1S/C12H22N4O/c1-2-16-12(7-8-14-16)11(15-13)6-5-10-4-3-9-17-10/h7-8,10-11,15H,2-6,9,13H2,1H3. The summed E-state index contributed by atoms with van der Waals surface area (Å²) in [6.07, 6.45) is 6.68. The Bertz CT molecular complexity index is 333. The molecule has 2 heterocycles. The SMILES string of the molecule is CCn1nccc1C(CCC1CCCO1)NN. The number of hydrogen-bond donors (Lipinski definition) is 2. The third-order valence-corrected chi connectivity index (χ3v) is 3.41. The van der Waals surface area contributed by atoms with Crippen molar-refractivity contribution in [3.05, 3.63) is 18.0 Å². The second kappa shape index (κ2) is 6.14. The van der Waals surface area contributed by atoms with Gasteiger partial charge in [-0.2, -0.15) is 5.10 Å². The number of hydrogen-bond acceptors (Lipinski definition) is 4. The molecule has 0 bridgehead atoms. The van der Waals surface area contributed by atoms with Gasteiger partial charge >= 0.3 is 0 Å². The van der Waals surface area contributed by atoms with E-state index in [0.717, 1.165) is 31.7 Å². The molecule has 2 atom stereocenters. The maximum Gasteiger partial charge on any atom is 0.0630 e. The molecule has 0 aliphatic carbocycles. The van der Waals surface area contributed by atoms with Crippen molar-refractivity contribution in [2.45, 2.75) is 51.3 Å². The van der Waals surface area contributed by atoms with Gasteiger partial charge in [0.15, 0.2) is 0 Å². The molecule has 5 heteroatoms. The van der Waals surface area contributed by atoms with Crippen molar-refractivity contribution in [1.29, 1.82) is 0 Å². The molecular weight excluding hydrogens is 216 g/mol. The first-order valence-corrected chi connectivity index (χ1v) is 6.44. The predicted octanol–water partition coefficient (Wildman–Crippen LogP) is 1.37. The van der Waals surface area contributed by atoms with Crippen molar-refractivity contribution in [1.82, 2.24) is 15.2 Å². The fourth-order valence-corrected chi connectivity index (χ4v) is 2.44. The van der Waals surface area contributed by atoms with E-state index in [1.807, 2.05) is 16.9 Å². The van der Waals surface area contributed by atoms with Gasteiger partial charge < -0.3 is 4.74 Å². The lowest BCUT2D eigenvalue weighted by Crippen LogP contribution is -2.30. The average molecular weight is 238 g/mol. The van der Waals surface area contributed by atoms with Gasteiger partial charge in [0.25, 0.3) is 0 Å². The Labute approximate surface area is 102 Å². The smallest absolute Gasteiger partial charge is 0.0630 e. The van der Waals surface area contributed by atoms with Gasteiger partial charge in [0, 0.05) is 19.3 Å². The molecule has 2 unspecified atom stereocenters. The summed E-state index contributed by atoms with van der Waals surface area (Å²) in [5.74, 6) is 5.64. The zero-order chi connectivity index (χ0) is 12.1. The molecule has 2 rings (SSSR count). The van der Waals surface area contributed by atoms with Crippen LogP contribution in [0.15, 0.2) is 12.3 Å². The Hall–Kier alpha value is -0.910. The van der Waals surface area contributed by atoms with Crippen LogP contribution in [0.1, 0.15) is 44.3 Å². The first-order valence-electron chi connectivity index (χ1n) is 6.44. The van der Waals surface area contributed by atoms with Crippen molar-refractivity contribution in [2.24, 2.45) is 5.84 Å². The van der Waals surface area contributed by atoms with Crippen molar-refractivity contribution in [3.63, 3.8) is 0 Å². The van der Waals surface area contributed by atoms with Crippen molar-refractivity contribution < 1.29 is 4.74 Å². The Morgan fingerprint density at radius 3 is 3.24 bits per heavy atom. The van der Waals surface area contributed by atoms with Crippen LogP contribution in [-0.4, -0.2) is 22.5 Å². The Balaban J connectivity index is 1.91. The highest BCUT2D eigenvalue weighted by molar-refractivity contribution is 5.06. The molecule has 1 aromatic rings. The van der Waals surface area contributed by atoms with Gasteiger partial charge in [0.2, 0.25) is 0 Å². The minimum Gasteiger partial charge on any atom is -0.378 e. The predicted molar refractivity (Wildman–Crippen MR) is 66.2 cm³/mol. The minimum atomic E-state index is 0.168. The molecule has 1 aliphatic rings. The molecule has 1 fully saturated rings. The molecule has 5 nitrogen and oxygen atoms in total. The van der Waals surface area contributed by atoms with Crippen LogP contribution in [0.5, 0.6) is 0 Å². The highest BCUT2D eigenvalue weighted by Crippen LogP contribution is 2.23. The Morgan fingerprint density at radius 2 is 2.59 bits per heavy atom. The molecule has 17 heavy (non-hydrogen) atoms. The van der Waals surface area contributed by atoms with E-state index in [1.165, 1.54) is 12.8 Å². The number of rotatable bonds is 6. The quantitative estimate of drug-likeness (QED) is 0.580. The molecular formula is C12H22N4O. The maximum absolute atomic E-state index is 5.64. The average Bonchev–Trinajstić information content (AvgIpc) is 3.00. The van der Waals surface area contributed by atoms with Gasteiger partial charge in [-0.25, -0.2) is 0 Å². The van der Waals surface area contributed by atoms with Crippen LogP contribution < -0.4 is 11.3 Å². The summed E-state index contributed by atoms with van der Waals surface area (Å²) >= 11 is 0. The van der Waals surface area contributed by atoms with Gasteiger partial charge in [0.05, 0.1) is 17.8 Å². The van der Waals surface area contributed by atoms with E-state index in [1.54, 1.807) is 0 Å². The molecule has 1 aromatic heterocycles. The first-order chi connectivity index (χ1) is 8.35. The zero-order valence-electron chi connectivity index (χ0n) is 10.4. The number of nitrogens with one attached hydrogen (secondary N) is 1. The van der Waals surface area contributed by atoms with Gasteiger partial charge in [-0.3, -0.25) is 16.0 Å². The van der Waals surface area contributed by atoms with Crippen molar-refractivity contribution in [2.75, 3.05) is 6.61 Å². The molecule has 3 N–H and O–H groups in total. The van der Waals surface area contributed by atoms with Gasteiger partial charge in [0.1, 0.15) is 0 Å². The molecule has 0 saturated carbocycles. The molecule has 0 aromatic carbocycles. The fourth-order valence-electron chi connectivity index (χ4n) is 2.44. The number of hydrazine groups is 1. The summed E-state index contributed by atoms with van der Waals surface area (Å²) in [6, 6.07) is 2.20. The van der Waals surface area contributed by atoms with Gasteiger partial charge in [-0.1, -0.05) is 0 Å². The fraction of sp³-hybridized carbons (Fsp3) is 0.750. The number of ether oxygens (including phenoxy) is 1. The number of nitrogens with zero attached hydrogens (tertiary/aromatic N) is 2. The third kappa shape index (κ3) is 3.06. The largest absolute Gasteiger partial charge is 0.378 e. The molecule has 0 amide bonds. The van der Waals surface area contributed by atoms with Crippen LogP contribution >= 0.6 is 0 Å². The second-order valence-corrected chi connectivity index (χ2v) is 4.50. The van der Waals surface area contributed by atoms with Crippen LogP contribution in [0.3, 0.4) is 0 Å². The molecule has 0 spiro atoms. The van der Waals surface area contributed by atoms with Crippen molar-refractivity contribution >= 4 is 0 Å². The summed E-state index contributed by atoms with van der Waals surface area (Å²) in [4.78, 5) is 0. The third-order valence-electron chi connectivity index (χ3n) is 3.41. The van der Waals surface area contributed by atoms with Gasteiger partial charge in [-0.05, 0) is 38.7 Å². The molecule has 96 valence electrons. The first kappa shape index (κ1) is 12.5. The highest BCUT2D eigenvalue weighted by atomic mass is 16.5. The van der Waals surface area contributed by atoms with Crippen LogP contribution in [0.25, 0.3) is 0 Å². The zero-order valence-corrected chi connectivity index (χ0v) is 10.4. The van der Waals surface area contributed by atoms with E-state index in [2.05, 4.69) is 17.4 Å². The summed E-state index contributed by atoms with van der Waals surface area (Å²) in [7, 11) is 0. The lowest BCUT2D eigenvalue weighted by Gasteiger charge is -2.18. The van der Waals surface area contributed by atoms with Crippen LogP contribution in [0.2, 0.25) is 0 Å². The minimum absolute atomic E-state index is 0.168. The van der Waals surface area contributed by atoms with Crippen molar-refractivity contribution in [3.8, 4) is 0 Å². The lowest BCUT2D eigenvalue weighted by atomic mass is 10.0. The summed E-state index contributed by atoms with van der Waals surface area (Å²) in [6.45, 7) is 3.88. The molecule has 1 aliphatic heterocycles. The molecule has 0 radical (unpaired) electrons. The summed E-state index contributed by atoms with van der Waals surface area (Å²) < 4.78 is 7.62. The highest BCUT2D eigenvalue weighted by Gasteiger charge is 2.19. The number of aryl methyl sites for hydroxylation is 1. The summed E-state index contributed by atoms with van der Waals surface area (Å²) in [5, 5.41) is 4.27. The summed E-state index contributed by atoms with van der Waals surface area (Å²) in [5.41, 5.74) is 4.05. The van der Waals surface area contributed by atoms with Crippen LogP contribution in [0.4, 0.5) is 0 Å². The lowest BCUT2D eigenvalue weighted by molar-refractivity contribution is 0.0993. The van der Waals surface area contributed by atoms with Gasteiger partial charge in [-0.15, -0.1) is 0 Å². The van der Waals surface area contributed by atoms with E-state index < -0.39 is 0 Å². The molecule has 1 saturated heterocycles. The Morgan fingerprint density at radius 1 is 1.71 bits per heavy atom. The van der Waals surface area contributed by atoms with E-state index >= 15 is 0 Å². The Kier molecular flexibility index (Phi) is 4.53. The van der Waals surface area contributed by atoms with Crippen LogP contribution in [-0.2, 0) is 11.3 Å². The number of nitrogens with two attached hydrogens (primary N) is 1. The topological polar surface area (TPSA) is 65.1 Å². The monoisotopic (exact) mass is 238 g/mol. The normalized spacial score (nSPS) is 21.9. The van der Waals surface area contributed by atoms with Crippen LogP contribution in [0, 0.1) is 0 Å². The van der Waals surface area contributed by atoms with E-state index in [-0.39, 0.29) is 6.04 Å². The number of aromatic nitrogens is 2. The second-order valence-electron chi connectivity index (χ2n) is 4.50. The van der Waals surface area contributed by atoms with E-state index in [9.17, 15) is 0 Å². The van der Waals surface area contributed by atoms with E-state index in [0.29, 0.717) is 6.10 Å². The van der Waals surface area contributed by atoms with E-state index in [4.69, 9.17) is 10.6 Å².